The van der Waals surface area contributed by atoms with Gasteiger partial charge in [-0.15, -0.1) is 0 Å². The van der Waals surface area contributed by atoms with Gasteiger partial charge in [-0.05, 0) is 36.9 Å². The third-order valence-electron chi connectivity index (χ3n) is 3.90. The molecule has 1 aliphatic carbocycles. The average molecular weight is 289 g/mol. The van der Waals surface area contributed by atoms with E-state index in [0.29, 0.717) is 24.0 Å². The molecule has 0 aromatic rings. The Bertz CT molecular complexity index is 230. The zero-order chi connectivity index (χ0) is 14.1. The lowest BCUT2D eigenvalue weighted by Crippen LogP contribution is -2.38. The molecule has 0 aromatic heterocycles. The second-order valence-electron chi connectivity index (χ2n) is 5.95. The van der Waals surface area contributed by atoms with Gasteiger partial charge in [-0.2, -0.15) is 12.6 Å². The molecule has 1 saturated carbocycles. The summed E-state index contributed by atoms with van der Waals surface area (Å²) in [5.41, 5.74) is 0.420. The van der Waals surface area contributed by atoms with Crippen LogP contribution < -0.4 is 5.32 Å². The highest BCUT2D eigenvalue weighted by atomic mass is 32.1. The summed E-state index contributed by atoms with van der Waals surface area (Å²) < 4.78 is 11.1. The van der Waals surface area contributed by atoms with E-state index in [9.17, 15) is 0 Å². The van der Waals surface area contributed by atoms with Crippen LogP contribution in [0.25, 0.3) is 0 Å². The average Bonchev–Trinajstić information content (AvgIpc) is 3.12. The van der Waals surface area contributed by atoms with E-state index in [2.05, 4.69) is 38.7 Å². The van der Waals surface area contributed by atoms with Gasteiger partial charge in [-0.1, -0.05) is 20.8 Å². The molecule has 4 heteroatoms. The Balaban J connectivity index is 1.79. The lowest BCUT2D eigenvalue weighted by atomic mass is 10.0. The Labute approximate surface area is 124 Å². The third-order valence-corrected chi connectivity index (χ3v) is 4.16. The fourth-order valence-corrected chi connectivity index (χ4v) is 2.45. The number of nitrogens with one attached hydrogen (secondary N) is 1. The molecule has 3 nitrogen and oxygen atoms in total. The molecule has 1 aliphatic rings. The van der Waals surface area contributed by atoms with Crippen LogP contribution in [0.5, 0.6) is 0 Å². The molecule has 0 saturated heterocycles. The predicted molar refractivity (Wildman–Crippen MR) is 84.1 cm³/mol. The van der Waals surface area contributed by atoms with E-state index < -0.39 is 0 Å². The van der Waals surface area contributed by atoms with Crippen molar-refractivity contribution in [2.24, 2.45) is 5.92 Å². The van der Waals surface area contributed by atoms with Crippen LogP contribution >= 0.6 is 12.6 Å². The number of hydrogen-bond acceptors (Lipinski definition) is 4. The summed E-state index contributed by atoms with van der Waals surface area (Å²) in [4.78, 5) is 0. The Morgan fingerprint density at radius 3 is 2.21 bits per heavy atom. The van der Waals surface area contributed by atoms with E-state index in [-0.39, 0.29) is 0 Å². The molecule has 0 aliphatic heterocycles. The SMILES string of the molecule is CC(C)C1(NCCOCCOCCC[C@H](C)S)CC1. The molecule has 0 amide bonds. The van der Waals surface area contributed by atoms with Crippen molar-refractivity contribution in [1.82, 2.24) is 5.32 Å². The molecule has 1 fully saturated rings. The van der Waals surface area contributed by atoms with Gasteiger partial charge in [0, 0.05) is 18.7 Å². The highest BCUT2D eigenvalue weighted by Gasteiger charge is 2.44. The van der Waals surface area contributed by atoms with Gasteiger partial charge in [-0.25, -0.2) is 0 Å². The summed E-state index contributed by atoms with van der Waals surface area (Å²) >= 11 is 4.34. The van der Waals surface area contributed by atoms with Crippen molar-refractivity contribution in [3.05, 3.63) is 0 Å². The van der Waals surface area contributed by atoms with E-state index in [0.717, 1.165) is 38.5 Å². The van der Waals surface area contributed by atoms with Crippen LogP contribution in [-0.2, 0) is 9.47 Å². The molecule has 0 radical (unpaired) electrons. The van der Waals surface area contributed by atoms with Crippen LogP contribution in [0, 0.1) is 5.92 Å². The minimum Gasteiger partial charge on any atom is -0.379 e. The van der Waals surface area contributed by atoms with Crippen LogP contribution in [0.3, 0.4) is 0 Å². The van der Waals surface area contributed by atoms with E-state index in [1.807, 2.05) is 0 Å². The molecule has 1 N–H and O–H groups in total. The van der Waals surface area contributed by atoms with Crippen molar-refractivity contribution in [2.45, 2.75) is 57.2 Å². The van der Waals surface area contributed by atoms with E-state index in [4.69, 9.17) is 9.47 Å². The van der Waals surface area contributed by atoms with Crippen molar-refractivity contribution in [3.8, 4) is 0 Å². The van der Waals surface area contributed by atoms with Gasteiger partial charge in [0.1, 0.15) is 0 Å². The molecule has 0 bridgehead atoms. The highest BCUT2D eigenvalue weighted by molar-refractivity contribution is 7.80. The van der Waals surface area contributed by atoms with Crippen molar-refractivity contribution in [3.63, 3.8) is 0 Å². The Morgan fingerprint density at radius 2 is 1.68 bits per heavy atom. The second-order valence-corrected chi connectivity index (χ2v) is 6.84. The fraction of sp³-hybridized carbons (Fsp3) is 1.00. The lowest BCUT2D eigenvalue weighted by molar-refractivity contribution is 0.0462. The molecule has 0 spiro atoms. The molecular formula is C15H31NO2S. The Kier molecular flexibility index (Phi) is 8.38. The molecule has 19 heavy (non-hydrogen) atoms. The molecule has 0 unspecified atom stereocenters. The van der Waals surface area contributed by atoms with Crippen molar-refractivity contribution in [2.75, 3.05) is 33.0 Å². The highest BCUT2D eigenvalue weighted by Crippen LogP contribution is 2.41. The predicted octanol–water partition coefficient (Wildman–Crippen LogP) is 2.90. The van der Waals surface area contributed by atoms with Gasteiger partial charge in [-0.3, -0.25) is 0 Å². The molecule has 1 rings (SSSR count). The third kappa shape index (κ3) is 7.54. The minimum absolute atomic E-state index is 0.420. The van der Waals surface area contributed by atoms with Crippen LogP contribution in [0.15, 0.2) is 0 Å². The van der Waals surface area contributed by atoms with E-state index in [1.165, 1.54) is 12.8 Å². The van der Waals surface area contributed by atoms with Crippen molar-refractivity contribution in [1.29, 1.82) is 0 Å². The van der Waals surface area contributed by atoms with Gasteiger partial charge in [0.05, 0.1) is 19.8 Å². The standard InChI is InChI=1S/C15H31NO2S/c1-13(2)15(6-7-15)16-8-10-18-12-11-17-9-4-5-14(3)19/h13-14,16,19H,4-12H2,1-3H3/t14-/m0/s1. The van der Waals surface area contributed by atoms with Crippen LogP contribution in [0.2, 0.25) is 0 Å². The zero-order valence-electron chi connectivity index (χ0n) is 12.8. The summed E-state index contributed by atoms with van der Waals surface area (Å²) in [6.07, 6.45) is 4.84. The summed E-state index contributed by atoms with van der Waals surface area (Å²) in [6, 6.07) is 0. The quantitative estimate of drug-likeness (QED) is 0.428. The van der Waals surface area contributed by atoms with Gasteiger partial charge in [0.25, 0.3) is 0 Å². The first-order valence-corrected chi connectivity index (χ1v) is 8.17. The fourth-order valence-electron chi connectivity index (χ4n) is 2.27. The van der Waals surface area contributed by atoms with Gasteiger partial charge in [0.2, 0.25) is 0 Å². The summed E-state index contributed by atoms with van der Waals surface area (Å²) in [7, 11) is 0. The monoisotopic (exact) mass is 289 g/mol. The maximum Gasteiger partial charge on any atom is 0.0701 e. The summed E-state index contributed by atoms with van der Waals surface area (Å²) in [5.74, 6) is 0.727. The number of rotatable bonds is 12. The summed E-state index contributed by atoms with van der Waals surface area (Å²) in [5, 5.41) is 4.09. The number of ether oxygens (including phenoxy) is 2. The lowest BCUT2D eigenvalue weighted by Gasteiger charge is -2.21. The van der Waals surface area contributed by atoms with Crippen LogP contribution in [-0.4, -0.2) is 43.8 Å². The molecule has 0 heterocycles. The first kappa shape index (κ1) is 17.3. The van der Waals surface area contributed by atoms with Crippen LogP contribution in [0.4, 0.5) is 0 Å². The molecule has 1 atom stereocenters. The molecular weight excluding hydrogens is 258 g/mol. The first-order chi connectivity index (χ1) is 9.07. The Hall–Kier alpha value is 0.230. The van der Waals surface area contributed by atoms with Gasteiger partial charge >= 0.3 is 0 Å². The largest absolute Gasteiger partial charge is 0.379 e. The first-order valence-electron chi connectivity index (χ1n) is 7.65. The van der Waals surface area contributed by atoms with Crippen molar-refractivity contribution >= 4 is 12.6 Å². The normalized spacial score (nSPS) is 18.8. The number of hydrogen-bond donors (Lipinski definition) is 2. The maximum atomic E-state index is 5.56. The zero-order valence-corrected chi connectivity index (χ0v) is 13.7. The van der Waals surface area contributed by atoms with Gasteiger partial charge in [0.15, 0.2) is 0 Å². The van der Waals surface area contributed by atoms with Gasteiger partial charge < -0.3 is 14.8 Å². The molecule has 114 valence electrons. The van der Waals surface area contributed by atoms with E-state index >= 15 is 0 Å². The second kappa shape index (κ2) is 9.22. The minimum atomic E-state index is 0.420. The summed E-state index contributed by atoms with van der Waals surface area (Å²) in [6.45, 7) is 10.7. The maximum absolute atomic E-state index is 5.56. The topological polar surface area (TPSA) is 30.5 Å². The van der Waals surface area contributed by atoms with Crippen LogP contribution in [0.1, 0.15) is 46.5 Å². The van der Waals surface area contributed by atoms with E-state index in [1.54, 1.807) is 0 Å². The van der Waals surface area contributed by atoms with Crippen molar-refractivity contribution < 1.29 is 9.47 Å². The Morgan fingerprint density at radius 1 is 1.05 bits per heavy atom. The smallest absolute Gasteiger partial charge is 0.0701 e. The number of thiol groups is 1. The molecule has 0 aromatic carbocycles.